The summed E-state index contributed by atoms with van der Waals surface area (Å²) >= 11 is 4.82. The number of rotatable bonds is 5. The second-order valence-electron chi connectivity index (χ2n) is 4.58. The molecule has 1 aliphatic carbocycles. The second kappa shape index (κ2) is 5.97. The number of amides is 1. The molecule has 1 aliphatic rings. The number of H-pyrrole nitrogens is 1. The van der Waals surface area contributed by atoms with Crippen LogP contribution in [0.25, 0.3) is 11.4 Å². The molecule has 1 amide bonds. The molecule has 0 unspecified atom stereocenters. The van der Waals surface area contributed by atoms with E-state index < -0.39 is 0 Å². The van der Waals surface area contributed by atoms with Gasteiger partial charge in [-0.3, -0.25) is 9.89 Å². The Kier molecular flexibility index (Phi) is 4.07. The fourth-order valence-corrected chi connectivity index (χ4v) is 2.79. The topological polar surface area (TPSA) is 70.7 Å². The van der Waals surface area contributed by atoms with E-state index in [2.05, 4.69) is 36.4 Å². The lowest BCUT2D eigenvalue weighted by Gasteiger charge is -2.00. The van der Waals surface area contributed by atoms with Crippen molar-refractivity contribution in [1.29, 1.82) is 0 Å². The van der Waals surface area contributed by atoms with E-state index in [1.165, 1.54) is 11.8 Å². The largest absolute Gasteiger partial charge is 0.353 e. The van der Waals surface area contributed by atoms with Crippen LogP contribution in [0.1, 0.15) is 12.8 Å². The summed E-state index contributed by atoms with van der Waals surface area (Å²) in [6, 6.07) is 8.19. The number of thioether (sulfide) groups is 1. The van der Waals surface area contributed by atoms with Crippen molar-refractivity contribution in [1.82, 2.24) is 20.5 Å². The van der Waals surface area contributed by atoms with Crippen LogP contribution in [0.4, 0.5) is 0 Å². The summed E-state index contributed by atoms with van der Waals surface area (Å²) in [6.07, 6.45) is 2.20. The van der Waals surface area contributed by atoms with Crippen molar-refractivity contribution < 1.29 is 4.79 Å². The van der Waals surface area contributed by atoms with E-state index in [1.807, 2.05) is 24.3 Å². The van der Waals surface area contributed by atoms with Crippen LogP contribution in [-0.4, -0.2) is 32.9 Å². The number of nitrogens with one attached hydrogen (secondary N) is 2. The molecule has 1 aromatic carbocycles. The molecule has 0 spiro atoms. The summed E-state index contributed by atoms with van der Waals surface area (Å²) in [4.78, 5) is 16.0. The van der Waals surface area contributed by atoms with E-state index in [9.17, 15) is 4.79 Å². The number of nitrogens with zero attached hydrogens (tertiary/aromatic N) is 2. The van der Waals surface area contributed by atoms with Crippen LogP contribution in [0.15, 0.2) is 33.9 Å². The van der Waals surface area contributed by atoms with Gasteiger partial charge < -0.3 is 5.32 Å². The highest BCUT2D eigenvalue weighted by Crippen LogP contribution is 2.26. The Morgan fingerprint density at radius 1 is 1.45 bits per heavy atom. The fourth-order valence-electron chi connectivity index (χ4n) is 1.71. The van der Waals surface area contributed by atoms with Gasteiger partial charge in [0.15, 0.2) is 5.82 Å². The van der Waals surface area contributed by atoms with Gasteiger partial charge in [-0.05, 0) is 18.9 Å². The highest BCUT2D eigenvalue weighted by Gasteiger charge is 2.23. The lowest BCUT2D eigenvalue weighted by molar-refractivity contribution is -0.118. The average molecular weight is 353 g/mol. The summed E-state index contributed by atoms with van der Waals surface area (Å²) in [7, 11) is 0. The SMILES string of the molecule is O=C(CSc1n[nH]c(-c2ccccc2Br)n1)NC1CC1. The van der Waals surface area contributed by atoms with Crippen LogP contribution < -0.4 is 5.32 Å². The molecular formula is C13H13BrN4OS. The number of aromatic nitrogens is 3. The molecule has 7 heteroatoms. The monoisotopic (exact) mass is 352 g/mol. The molecule has 1 fully saturated rings. The summed E-state index contributed by atoms with van der Waals surface area (Å²) in [5, 5.41) is 10.5. The van der Waals surface area contributed by atoms with E-state index in [0.717, 1.165) is 22.9 Å². The number of hydrogen-bond donors (Lipinski definition) is 2. The standard InChI is InChI=1S/C13H13BrN4OS/c14-10-4-2-1-3-9(10)12-16-13(18-17-12)20-7-11(19)15-8-5-6-8/h1-4,8H,5-7H2,(H,15,19)(H,16,17,18). The van der Waals surface area contributed by atoms with E-state index in [0.29, 0.717) is 22.8 Å². The molecule has 0 atom stereocenters. The van der Waals surface area contributed by atoms with Crippen LogP contribution in [0.5, 0.6) is 0 Å². The maximum absolute atomic E-state index is 11.6. The van der Waals surface area contributed by atoms with Crippen molar-refractivity contribution in [3.63, 3.8) is 0 Å². The van der Waals surface area contributed by atoms with Crippen molar-refractivity contribution in [3.05, 3.63) is 28.7 Å². The summed E-state index contributed by atoms with van der Waals surface area (Å²) in [5.41, 5.74) is 0.953. The summed E-state index contributed by atoms with van der Waals surface area (Å²) in [6.45, 7) is 0. The van der Waals surface area contributed by atoms with E-state index >= 15 is 0 Å². The molecule has 0 saturated heterocycles. The van der Waals surface area contributed by atoms with E-state index in [4.69, 9.17) is 0 Å². The first kappa shape index (κ1) is 13.6. The van der Waals surface area contributed by atoms with Crippen molar-refractivity contribution in [2.24, 2.45) is 0 Å². The third kappa shape index (κ3) is 3.40. The predicted octanol–water partition coefficient (Wildman–Crippen LogP) is 2.60. The maximum atomic E-state index is 11.6. The molecule has 20 heavy (non-hydrogen) atoms. The molecule has 2 N–H and O–H groups in total. The van der Waals surface area contributed by atoms with Crippen molar-refractivity contribution in [2.45, 2.75) is 24.0 Å². The first-order chi connectivity index (χ1) is 9.72. The highest BCUT2D eigenvalue weighted by atomic mass is 79.9. The lowest BCUT2D eigenvalue weighted by atomic mass is 10.2. The van der Waals surface area contributed by atoms with Gasteiger partial charge in [0.05, 0.1) is 5.75 Å². The molecule has 3 rings (SSSR count). The van der Waals surface area contributed by atoms with Gasteiger partial charge in [-0.2, -0.15) is 0 Å². The third-order valence-electron chi connectivity index (χ3n) is 2.87. The van der Waals surface area contributed by atoms with Gasteiger partial charge in [0.2, 0.25) is 11.1 Å². The first-order valence-corrected chi connectivity index (χ1v) is 8.10. The lowest BCUT2D eigenvalue weighted by Crippen LogP contribution is -2.27. The normalized spacial score (nSPS) is 14.2. The van der Waals surface area contributed by atoms with Crippen molar-refractivity contribution in [3.8, 4) is 11.4 Å². The van der Waals surface area contributed by atoms with Gasteiger partial charge >= 0.3 is 0 Å². The van der Waals surface area contributed by atoms with Crippen molar-refractivity contribution >= 4 is 33.6 Å². The minimum Gasteiger partial charge on any atom is -0.353 e. The Hall–Kier alpha value is -1.34. The van der Waals surface area contributed by atoms with Gasteiger partial charge in [0.1, 0.15) is 0 Å². The minimum atomic E-state index is 0.0461. The van der Waals surface area contributed by atoms with Gasteiger partial charge in [0, 0.05) is 16.1 Å². The molecule has 1 heterocycles. The Morgan fingerprint density at radius 2 is 2.25 bits per heavy atom. The minimum absolute atomic E-state index is 0.0461. The Labute approximate surface area is 129 Å². The molecule has 0 aliphatic heterocycles. The van der Waals surface area contributed by atoms with Crippen LogP contribution >= 0.6 is 27.7 Å². The number of benzene rings is 1. The molecule has 0 bridgehead atoms. The van der Waals surface area contributed by atoms with E-state index in [1.54, 1.807) is 0 Å². The fraction of sp³-hybridized carbons (Fsp3) is 0.308. The first-order valence-electron chi connectivity index (χ1n) is 6.32. The van der Waals surface area contributed by atoms with Gasteiger partial charge in [-0.1, -0.05) is 45.9 Å². The Bertz CT molecular complexity index is 626. The predicted molar refractivity (Wildman–Crippen MR) is 81.4 cm³/mol. The smallest absolute Gasteiger partial charge is 0.230 e. The average Bonchev–Trinajstić information content (AvgIpc) is 3.12. The number of carbonyl (C=O) groups is 1. The van der Waals surface area contributed by atoms with Gasteiger partial charge in [-0.25, -0.2) is 4.98 Å². The quantitative estimate of drug-likeness (QED) is 0.811. The van der Waals surface area contributed by atoms with Gasteiger partial charge in [-0.15, -0.1) is 5.10 Å². The highest BCUT2D eigenvalue weighted by molar-refractivity contribution is 9.10. The third-order valence-corrected chi connectivity index (χ3v) is 4.41. The van der Waals surface area contributed by atoms with Crippen molar-refractivity contribution in [2.75, 3.05) is 5.75 Å². The molecule has 104 valence electrons. The van der Waals surface area contributed by atoms with Gasteiger partial charge in [0.25, 0.3) is 0 Å². The molecular weight excluding hydrogens is 340 g/mol. The molecule has 0 radical (unpaired) electrons. The maximum Gasteiger partial charge on any atom is 0.230 e. The second-order valence-corrected chi connectivity index (χ2v) is 6.37. The number of aromatic amines is 1. The number of hydrogen-bond acceptors (Lipinski definition) is 4. The van der Waals surface area contributed by atoms with Crippen LogP contribution in [-0.2, 0) is 4.79 Å². The Morgan fingerprint density at radius 3 is 3.00 bits per heavy atom. The molecule has 5 nitrogen and oxygen atoms in total. The van der Waals surface area contributed by atoms with Crippen LogP contribution in [0.2, 0.25) is 0 Å². The molecule has 2 aromatic rings. The van der Waals surface area contributed by atoms with E-state index in [-0.39, 0.29) is 5.91 Å². The molecule has 1 aromatic heterocycles. The summed E-state index contributed by atoms with van der Waals surface area (Å²) in [5.74, 6) is 1.09. The van der Waals surface area contributed by atoms with Crippen LogP contribution in [0.3, 0.4) is 0 Å². The van der Waals surface area contributed by atoms with Crippen LogP contribution in [0, 0.1) is 0 Å². The Balaban J connectivity index is 1.61. The number of halogens is 1. The number of carbonyl (C=O) groups excluding carboxylic acids is 1. The zero-order chi connectivity index (χ0) is 13.9. The zero-order valence-corrected chi connectivity index (χ0v) is 13.0. The zero-order valence-electron chi connectivity index (χ0n) is 10.6. The molecule has 1 saturated carbocycles. The summed E-state index contributed by atoms with van der Waals surface area (Å²) < 4.78 is 0.958.